The topological polar surface area (TPSA) is 0 Å². The van der Waals surface area contributed by atoms with Crippen LogP contribution in [0.4, 0.5) is 22.0 Å². The number of alkyl halides is 5. The lowest BCUT2D eigenvalue weighted by Gasteiger charge is -2.39. The molecule has 0 saturated heterocycles. The Bertz CT molecular complexity index is 279. The molecule has 1 fully saturated rings. The van der Waals surface area contributed by atoms with Crippen LogP contribution in [0.3, 0.4) is 0 Å². The fourth-order valence-electron chi connectivity index (χ4n) is 2.69. The van der Waals surface area contributed by atoms with Gasteiger partial charge in [-0.25, -0.2) is 22.0 Å². The number of halogens is 5. The Morgan fingerprint density at radius 1 is 1.19 bits per heavy atom. The molecule has 0 spiro atoms. The van der Waals surface area contributed by atoms with E-state index in [1.165, 1.54) is 6.92 Å². The molecule has 0 radical (unpaired) electrons. The SMILES string of the molecule is CCC1CC(C)(C)C(F)(F)C1(F)C(C)(F)F. The maximum Gasteiger partial charge on any atom is 0.292 e. The summed E-state index contributed by atoms with van der Waals surface area (Å²) in [6, 6.07) is 0. The second-order valence-electron chi connectivity index (χ2n) is 5.37. The van der Waals surface area contributed by atoms with Gasteiger partial charge in [0.15, 0.2) is 0 Å². The summed E-state index contributed by atoms with van der Waals surface area (Å²) in [5.74, 6) is -9.36. The van der Waals surface area contributed by atoms with E-state index in [0.717, 1.165) is 13.8 Å². The Morgan fingerprint density at radius 2 is 1.62 bits per heavy atom. The molecule has 0 N–H and O–H groups in total. The van der Waals surface area contributed by atoms with Gasteiger partial charge < -0.3 is 0 Å². The van der Waals surface area contributed by atoms with Crippen LogP contribution in [-0.4, -0.2) is 17.5 Å². The molecule has 2 unspecified atom stereocenters. The molecule has 0 aromatic rings. The van der Waals surface area contributed by atoms with Crippen molar-refractivity contribution in [1.82, 2.24) is 0 Å². The smallest absolute Gasteiger partial charge is 0.230 e. The largest absolute Gasteiger partial charge is 0.292 e. The monoisotopic (exact) mass is 244 g/mol. The first-order valence-electron chi connectivity index (χ1n) is 5.36. The minimum atomic E-state index is -4.04. The van der Waals surface area contributed by atoms with Gasteiger partial charge in [0.05, 0.1) is 0 Å². The highest BCUT2D eigenvalue weighted by atomic mass is 19.3. The number of hydrogen-bond donors (Lipinski definition) is 0. The highest BCUT2D eigenvalue weighted by molar-refractivity contribution is 5.17. The average molecular weight is 244 g/mol. The maximum atomic E-state index is 14.3. The summed E-state index contributed by atoms with van der Waals surface area (Å²) in [5.41, 5.74) is -5.47. The normalized spacial score (nSPS) is 37.7. The lowest BCUT2D eigenvalue weighted by molar-refractivity contribution is -0.261. The Morgan fingerprint density at radius 3 is 1.88 bits per heavy atom. The summed E-state index contributed by atoms with van der Waals surface area (Å²) < 4.78 is 68.4. The summed E-state index contributed by atoms with van der Waals surface area (Å²) in [4.78, 5) is 0. The second-order valence-corrected chi connectivity index (χ2v) is 5.37. The van der Waals surface area contributed by atoms with Crippen molar-refractivity contribution >= 4 is 0 Å². The van der Waals surface area contributed by atoms with Gasteiger partial charge in [-0.2, -0.15) is 0 Å². The molecule has 5 heteroatoms. The van der Waals surface area contributed by atoms with E-state index >= 15 is 0 Å². The summed E-state index contributed by atoms with van der Waals surface area (Å²) in [6.45, 7) is 3.98. The first-order chi connectivity index (χ1) is 6.92. The molecule has 1 rings (SSSR count). The van der Waals surface area contributed by atoms with Gasteiger partial charge in [-0.05, 0) is 12.8 Å². The predicted molar refractivity (Wildman–Crippen MR) is 51.6 cm³/mol. The third-order valence-electron chi connectivity index (χ3n) is 3.76. The van der Waals surface area contributed by atoms with E-state index in [1.807, 2.05) is 0 Å². The zero-order chi connectivity index (χ0) is 13.0. The molecule has 0 amide bonds. The molecule has 1 saturated carbocycles. The molecule has 0 aliphatic heterocycles. The van der Waals surface area contributed by atoms with Crippen LogP contribution in [0.5, 0.6) is 0 Å². The molecule has 2 atom stereocenters. The van der Waals surface area contributed by atoms with Crippen LogP contribution in [0.15, 0.2) is 0 Å². The van der Waals surface area contributed by atoms with Crippen LogP contribution >= 0.6 is 0 Å². The van der Waals surface area contributed by atoms with Crippen molar-refractivity contribution in [3.63, 3.8) is 0 Å². The Kier molecular flexibility index (Phi) is 2.85. The van der Waals surface area contributed by atoms with Gasteiger partial charge in [-0.3, -0.25) is 0 Å². The highest BCUT2D eigenvalue weighted by Crippen LogP contribution is 2.65. The third kappa shape index (κ3) is 1.39. The molecule has 96 valence electrons. The van der Waals surface area contributed by atoms with E-state index in [1.54, 1.807) is 0 Å². The van der Waals surface area contributed by atoms with Gasteiger partial charge in [0.2, 0.25) is 5.67 Å². The second kappa shape index (κ2) is 3.33. The Labute approximate surface area is 92.2 Å². The van der Waals surface area contributed by atoms with Crippen molar-refractivity contribution in [2.45, 2.75) is 58.1 Å². The van der Waals surface area contributed by atoms with Gasteiger partial charge in [-0.15, -0.1) is 0 Å². The molecule has 0 aromatic carbocycles. The van der Waals surface area contributed by atoms with E-state index in [9.17, 15) is 22.0 Å². The number of rotatable bonds is 2. The molecular weight excluding hydrogens is 227 g/mol. The summed E-state index contributed by atoms with van der Waals surface area (Å²) in [5, 5.41) is 0. The van der Waals surface area contributed by atoms with E-state index in [-0.39, 0.29) is 19.8 Å². The van der Waals surface area contributed by atoms with Crippen molar-refractivity contribution in [1.29, 1.82) is 0 Å². The molecular formula is C11H17F5. The Balaban J connectivity index is 3.34. The van der Waals surface area contributed by atoms with Crippen molar-refractivity contribution < 1.29 is 22.0 Å². The summed E-state index contributed by atoms with van der Waals surface area (Å²) in [6.07, 6.45) is -0.241. The van der Waals surface area contributed by atoms with Crippen molar-refractivity contribution in [2.75, 3.05) is 0 Å². The van der Waals surface area contributed by atoms with Gasteiger partial charge >= 0.3 is 0 Å². The molecule has 0 bridgehead atoms. The summed E-state index contributed by atoms with van der Waals surface area (Å²) >= 11 is 0. The molecule has 0 heterocycles. The van der Waals surface area contributed by atoms with Crippen LogP contribution in [-0.2, 0) is 0 Å². The zero-order valence-corrected chi connectivity index (χ0v) is 9.88. The fraction of sp³-hybridized carbons (Fsp3) is 1.00. The quantitative estimate of drug-likeness (QED) is 0.630. The molecule has 16 heavy (non-hydrogen) atoms. The lowest BCUT2D eigenvalue weighted by atomic mass is 9.81. The van der Waals surface area contributed by atoms with Gasteiger partial charge in [0.25, 0.3) is 11.8 Å². The minimum Gasteiger partial charge on any atom is -0.230 e. The van der Waals surface area contributed by atoms with Crippen LogP contribution in [0, 0.1) is 11.3 Å². The van der Waals surface area contributed by atoms with Crippen molar-refractivity contribution in [3.05, 3.63) is 0 Å². The Hall–Kier alpha value is -0.350. The van der Waals surface area contributed by atoms with E-state index < -0.39 is 28.8 Å². The average Bonchev–Trinajstić information content (AvgIpc) is 2.23. The van der Waals surface area contributed by atoms with E-state index in [2.05, 4.69) is 0 Å². The molecule has 1 aliphatic rings. The van der Waals surface area contributed by atoms with Gasteiger partial charge in [0, 0.05) is 18.3 Å². The van der Waals surface area contributed by atoms with E-state index in [4.69, 9.17) is 0 Å². The lowest BCUT2D eigenvalue weighted by Crippen LogP contribution is -2.59. The van der Waals surface area contributed by atoms with Crippen molar-refractivity contribution in [2.24, 2.45) is 11.3 Å². The standard InChI is InChI=1S/C11H17F5/c1-5-7-6-8(2,3)11(15,16)10(7,14)9(4,12)13/h7H,5-6H2,1-4H3. The fourth-order valence-corrected chi connectivity index (χ4v) is 2.69. The van der Waals surface area contributed by atoms with Crippen LogP contribution in [0.2, 0.25) is 0 Å². The minimum absolute atomic E-state index is 0.0149. The maximum absolute atomic E-state index is 14.3. The van der Waals surface area contributed by atoms with Crippen LogP contribution < -0.4 is 0 Å². The number of hydrogen-bond acceptors (Lipinski definition) is 0. The van der Waals surface area contributed by atoms with Crippen LogP contribution in [0.1, 0.15) is 40.5 Å². The molecule has 0 aromatic heterocycles. The molecule has 0 nitrogen and oxygen atoms in total. The first kappa shape index (κ1) is 13.7. The van der Waals surface area contributed by atoms with E-state index in [0.29, 0.717) is 0 Å². The van der Waals surface area contributed by atoms with Gasteiger partial charge in [-0.1, -0.05) is 20.8 Å². The third-order valence-corrected chi connectivity index (χ3v) is 3.76. The van der Waals surface area contributed by atoms with Crippen LogP contribution in [0.25, 0.3) is 0 Å². The zero-order valence-electron chi connectivity index (χ0n) is 9.88. The molecule has 1 aliphatic carbocycles. The predicted octanol–water partition coefficient (Wildman–Crippen LogP) is 4.44. The summed E-state index contributed by atoms with van der Waals surface area (Å²) in [7, 11) is 0. The van der Waals surface area contributed by atoms with Crippen molar-refractivity contribution in [3.8, 4) is 0 Å². The van der Waals surface area contributed by atoms with Gasteiger partial charge in [0.1, 0.15) is 0 Å². The highest BCUT2D eigenvalue weighted by Gasteiger charge is 2.79. The first-order valence-corrected chi connectivity index (χ1v) is 5.36.